The summed E-state index contributed by atoms with van der Waals surface area (Å²) in [6, 6.07) is 0. The molecule has 3 aliphatic rings. The molecule has 1 aliphatic carbocycles. The zero-order valence-corrected chi connectivity index (χ0v) is 5.87. The maximum atomic E-state index is 5.52. The third-order valence-electron chi connectivity index (χ3n) is 2.31. The molecule has 0 bridgehead atoms. The van der Waals surface area contributed by atoms with E-state index in [-0.39, 0.29) is 5.60 Å². The molecule has 2 nitrogen and oxygen atoms in total. The molecule has 0 amide bonds. The summed E-state index contributed by atoms with van der Waals surface area (Å²) >= 11 is 0. The van der Waals surface area contributed by atoms with Gasteiger partial charge in [-0.2, -0.15) is 0 Å². The highest BCUT2D eigenvalue weighted by atomic mass is 16.5. The van der Waals surface area contributed by atoms with Crippen molar-refractivity contribution >= 4 is 0 Å². The van der Waals surface area contributed by atoms with Gasteiger partial charge in [-0.05, 0) is 18.2 Å². The Kier molecular flexibility index (Phi) is 0.677. The second-order valence-electron chi connectivity index (χ2n) is 2.84. The molecule has 0 radical (unpaired) electrons. The van der Waals surface area contributed by atoms with Gasteiger partial charge >= 0.3 is 0 Å². The van der Waals surface area contributed by atoms with Crippen LogP contribution in [0.25, 0.3) is 0 Å². The van der Waals surface area contributed by atoms with E-state index in [0.717, 1.165) is 5.70 Å². The summed E-state index contributed by atoms with van der Waals surface area (Å²) in [5.74, 6) is 0. The number of ether oxygens (including phenoxy) is 1. The van der Waals surface area contributed by atoms with E-state index in [1.807, 2.05) is 24.4 Å². The van der Waals surface area contributed by atoms with Gasteiger partial charge < -0.3 is 10.1 Å². The fourth-order valence-electron chi connectivity index (χ4n) is 1.72. The number of allylic oxidation sites excluding steroid dienone is 2. The van der Waals surface area contributed by atoms with Crippen LogP contribution < -0.4 is 5.32 Å². The van der Waals surface area contributed by atoms with E-state index in [1.54, 1.807) is 6.26 Å². The Balaban J connectivity index is 2.25. The Hall–Kier alpha value is -1.44. The SMILES string of the molecule is C1=CC23OC=CC2=CNC3=C1. The number of nitrogens with one attached hydrogen (secondary N) is 1. The van der Waals surface area contributed by atoms with Gasteiger partial charge in [-0.3, -0.25) is 0 Å². The van der Waals surface area contributed by atoms with Crippen molar-refractivity contribution in [3.05, 3.63) is 48.0 Å². The first-order valence-corrected chi connectivity index (χ1v) is 3.63. The van der Waals surface area contributed by atoms with Gasteiger partial charge in [-0.25, -0.2) is 0 Å². The predicted molar refractivity (Wildman–Crippen MR) is 41.4 cm³/mol. The average molecular weight is 145 g/mol. The van der Waals surface area contributed by atoms with Crippen LogP contribution in [0.3, 0.4) is 0 Å². The van der Waals surface area contributed by atoms with Crippen LogP contribution in [0, 0.1) is 0 Å². The first kappa shape index (κ1) is 5.24. The van der Waals surface area contributed by atoms with E-state index >= 15 is 0 Å². The van der Waals surface area contributed by atoms with E-state index in [9.17, 15) is 0 Å². The first-order chi connectivity index (χ1) is 5.42. The lowest BCUT2D eigenvalue weighted by molar-refractivity contribution is 0.161. The van der Waals surface area contributed by atoms with Crippen molar-refractivity contribution in [1.82, 2.24) is 5.32 Å². The fraction of sp³-hybridized carbons (Fsp3) is 0.111. The Morgan fingerprint density at radius 3 is 3.45 bits per heavy atom. The third kappa shape index (κ3) is 0.422. The van der Waals surface area contributed by atoms with Crippen molar-refractivity contribution in [3.63, 3.8) is 0 Å². The average Bonchev–Trinajstić information content (AvgIpc) is 2.55. The molecule has 0 aromatic carbocycles. The van der Waals surface area contributed by atoms with Gasteiger partial charge in [0.2, 0.25) is 0 Å². The van der Waals surface area contributed by atoms with E-state index in [1.165, 1.54) is 5.57 Å². The van der Waals surface area contributed by atoms with Crippen molar-refractivity contribution in [3.8, 4) is 0 Å². The maximum Gasteiger partial charge on any atom is 0.193 e. The van der Waals surface area contributed by atoms with Crippen LogP contribution in [-0.4, -0.2) is 5.60 Å². The van der Waals surface area contributed by atoms with Gasteiger partial charge in [0.05, 0.1) is 12.0 Å². The van der Waals surface area contributed by atoms with Crippen molar-refractivity contribution in [2.24, 2.45) is 0 Å². The lowest BCUT2D eigenvalue weighted by atomic mass is 9.98. The van der Waals surface area contributed by atoms with Crippen LogP contribution in [0.1, 0.15) is 0 Å². The normalized spacial score (nSPS) is 35.6. The number of hydrogen-bond acceptors (Lipinski definition) is 2. The van der Waals surface area contributed by atoms with Crippen LogP contribution in [0.5, 0.6) is 0 Å². The third-order valence-corrected chi connectivity index (χ3v) is 2.31. The van der Waals surface area contributed by atoms with Crippen LogP contribution in [-0.2, 0) is 4.74 Å². The monoisotopic (exact) mass is 145 g/mol. The molecule has 0 saturated heterocycles. The summed E-state index contributed by atoms with van der Waals surface area (Å²) in [6.45, 7) is 0. The zero-order valence-electron chi connectivity index (χ0n) is 5.87. The molecule has 54 valence electrons. The molecule has 0 aromatic heterocycles. The second kappa shape index (κ2) is 1.42. The molecular formula is C9H7NO. The lowest BCUT2D eigenvalue weighted by Crippen LogP contribution is -2.27. The summed E-state index contributed by atoms with van der Waals surface area (Å²) in [6.07, 6.45) is 11.8. The van der Waals surface area contributed by atoms with E-state index in [0.29, 0.717) is 0 Å². The van der Waals surface area contributed by atoms with E-state index < -0.39 is 0 Å². The molecule has 1 N–H and O–H groups in total. The van der Waals surface area contributed by atoms with Crippen molar-refractivity contribution in [1.29, 1.82) is 0 Å². The van der Waals surface area contributed by atoms with Gasteiger partial charge in [0, 0.05) is 11.8 Å². The molecule has 0 saturated carbocycles. The number of hydrogen-bond donors (Lipinski definition) is 1. The summed E-state index contributed by atoms with van der Waals surface area (Å²) in [4.78, 5) is 0. The molecule has 2 aliphatic heterocycles. The largest absolute Gasteiger partial charge is 0.480 e. The predicted octanol–water partition coefficient (Wildman–Crippen LogP) is 1.21. The molecule has 1 atom stereocenters. The summed E-state index contributed by atoms with van der Waals surface area (Å²) in [5, 5.41) is 3.17. The fourth-order valence-corrected chi connectivity index (χ4v) is 1.72. The molecule has 2 heteroatoms. The molecule has 3 rings (SSSR count). The van der Waals surface area contributed by atoms with Crippen molar-refractivity contribution < 1.29 is 4.74 Å². The van der Waals surface area contributed by atoms with E-state index in [4.69, 9.17) is 4.74 Å². The molecule has 1 spiro atoms. The minimum atomic E-state index is -0.264. The van der Waals surface area contributed by atoms with Crippen LogP contribution >= 0.6 is 0 Å². The van der Waals surface area contributed by atoms with Crippen LogP contribution in [0.4, 0.5) is 0 Å². The van der Waals surface area contributed by atoms with Gasteiger partial charge in [0.15, 0.2) is 5.60 Å². The Bertz CT molecular complexity index is 335. The first-order valence-electron chi connectivity index (χ1n) is 3.63. The molecular weight excluding hydrogens is 138 g/mol. The smallest absolute Gasteiger partial charge is 0.193 e. The molecule has 0 fully saturated rings. The standard InChI is InChI=1S/C9H7NO/c1-2-8-9(4-1)7(6-10-8)3-5-11-9/h1-6,10H. The van der Waals surface area contributed by atoms with Crippen LogP contribution in [0.15, 0.2) is 48.0 Å². The van der Waals surface area contributed by atoms with Crippen molar-refractivity contribution in [2.45, 2.75) is 5.60 Å². The topological polar surface area (TPSA) is 21.3 Å². The summed E-state index contributed by atoms with van der Waals surface area (Å²) in [7, 11) is 0. The Labute approximate surface area is 64.5 Å². The molecule has 11 heavy (non-hydrogen) atoms. The highest BCUT2D eigenvalue weighted by Gasteiger charge is 2.44. The highest BCUT2D eigenvalue weighted by molar-refractivity contribution is 5.56. The number of rotatable bonds is 0. The van der Waals surface area contributed by atoms with Crippen molar-refractivity contribution in [2.75, 3.05) is 0 Å². The van der Waals surface area contributed by atoms with Gasteiger partial charge in [-0.15, -0.1) is 0 Å². The highest BCUT2D eigenvalue weighted by Crippen LogP contribution is 2.42. The lowest BCUT2D eigenvalue weighted by Gasteiger charge is -2.20. The maximum absolute atomic E-state index is 5.52. The quantitative estimate of drug-likeness (QED) is 0.553. The summed E-state index contributed by atoms with van der Waals surface area (Å²) < 4.78 is 5.52. The van der Waals surface area contributed by atoms with Gasteiger partial charge in [0.25, 0.3) is 0 Å². The van der Waals surface area contributed by atoms with E-state index in [2.05, 4.69) is 11.4 Å². The van der Waals surface area contributed by atoms with Gasteiger partial charge in [-0.1, -0.05) is 6.08 Å². The molecule has 1 unspecified atom stereocenters. The zero-order chi connectivity index (χ0) is 7.31. The molecule has 2 heterocycles. The van der Waals surface area contributed by atoms with Crippen LogP contribution in [0.2, 0.25) is 0 Å². The Morgan fingerprint density at radius 2 is 2.45 bits per heavy atom. The molecule has 0 aromatic rings. The van der Waals surface area contributed by atoms with Gasteiger partial charge in [0.1, 0.15) is 0 Å². The Morgan fingerprint density at radius 1 is 1.45 bits per heavy atom. The second-order valence-corrected chi connectivity index (χ2v) is 2.84. The minimum Gasteiger partial charge on any atom is -0.480 e. The summed E-state index contributed by atoms with van der Waals surface area (Å²) in [5.41, 5.74) is 2.05. The minimum absolute atomic E-state index is 0.264.